The Kier molecular flexibility index (Phi) is 4.50. The third kappa shape index (κ3) is 3.20. The molecule has 0 radical (unpaired) electrons. The lowest BCUT2D eigenvalue weighted by molar-refractivity contribution is -0.104. The molecule has 0 rings (SSSR count). The van der Waals surface area contributed by atoms with Gasteiger partial charge in [0.2, 0.25) is 0 Å². The zero-order chi connectivity index (χ0) is 7.98. The van der Waals surface area contributed by atoms with E-state index in [2.05, 4.69) is 11.6 Å². The molecule has 2 nitrogen and oxygen atoms in total. The molecule has 0 saturated heterocycles. The molecule has 3 heteroatoms. The molecular weight excluding hydrogens is 150 g/mol. The highest BCUT2D eigenvalue weighted by atomic mass is 35.5. The molecule has 10 heavy (non-hydrogen) atoms. The molecule has 0 amide bonds. The Morgan fingerprint density at radius 2 is 2.30 bits per heavy atom. The van der Waals surface area contributed by atoms with Gasteiger partial charge in [-0.15, -0.1) is 0 Å². The summed E-state index contributed by atoms with van der Waals surface area (Å²) in [5.74, 6) is 0. The zero-order valence-corrected chi connectivity index (χ0v) is 6.43. The van der Waals surface area contributed by atoms with Gasteiger partial charge in [0.05, 0.1) is 5.03 Å². The van der Waals surface area contributed by atoms with Crippen LogP contribution in [-0.4, -0.2) is 19.5 Å². The summed E-state index contributed by atoms with van der Waals surface area (Å²) in [5, 5.41) is 0.320. The van der Waals surface area contributed by atoms with Gasteiger partial charge in [0.1, 0.15) is 0 Å². The van der Waals surface area contributed by atoms with E-state index in [1.807, 2.05) is 0 Å². The Bertz CT molecular complexity index is 194. The van der Waals surface area contributed by atoms with Crippen LogP contribution in [0.2, 0.25) is 0 Å². The van der Waals surface area contributed by atoms with Crippen LogP contribution in [0.5, 0.6) is 0 Å². The molecule has 0 fully saturated rings. The van der Waals surface area contributed by atoms with Crippen LogP contribution in [0.15, 0.2) is 28.3 Å². The highest BCUT2D eigenvalue weighted by Crippen LogP contribution is 2.08. The number of hydrogen-bond donors (Lipinski definition) is 0. The van der Waals surface area contributed by atoms with Crippen LogP contribution in [0.25, 0.3) is 0 Å². The summed E-state index contributed by atoms with van der Waals surface area (Å²) in [4.78, 5) is 13.7. The summed E-state index contributed by atoms with van der Waals surface area (Å²) in [5.41, 5.74) is 0.265. The average molecular weight is 158 g/mol. The molecule has 0 aromatic heterocycles. The summed E-state index contributed by atoms with van der Waals surface area (Å²) in [6, 6.07) is 0. The average Bonchev–Trinajstić information content (AvgIpc) is 1.98. The van der Waals surface area contributed by atoms with Crippen molar-refractivity contribution in [3.63, 3.8) is 0 Å². The van der Waals surface area contributed by atoms with Crippen molar-refractivity contribution < 1.29 is 4.79 Å². The molecule has 0 N–H and O–H groups in total. The standard InChI is InChI=1S/C7H8ClNO/c1-6(5-10)7(8)3-4-9-2/h3-5H,1H2,2H3. The number of halogens is 1. The summed E-state index contributed by atoms with van der Waals surface area (Å²) in [6.07, 6.45) is 3.61. The van der Waals surface area contributed by atoms with E-state index in [0.29, 0.717) is 11.3 Å². The number of aldehydes is 1. The van der Waals surface area contributed by atoms with Gasteiger partial charge in [-0.2, -0.15) is 0 Å². The maximum atomic E-state index is 10.0. The van der Waals surface area contributed by atoms with Crippen LogP contribution in [0.4, 0.5) is 0 Å². The smallest absolute Gasteiger partial charge is 0.150 e. The van der Waals surface area contributed by atoms with E-state index in [1.165, 1.54) is 12.3 Å². The fourth-order valence-corrected chi connectivity index (χ4v) is 0.404. The van der Waals surface area contributed by atoms with Crippen LogP contribution in [0.1, 0.15) is 0 Å². The SMILES string of the molecule is C=C(C=O)C(Cl)=CC=NC. The minimum absolute atomic E-state index is 0.265. The summed E-state index contributed by atoms with van der Waals surface area (Å²) in [6.45, 7) is 3.40. The van der Waals surface area contributed by atoms with E-state index in [9.17, 15) is 4.79 Å². The number of hydrogen-bond acceptors (Lipinski definition) is 2. The number of nitrogens with zero attached hydrogens (tertiary/aromatic N) is 1. The van der Waals surface area contributed by atoms with Crippen molar-refractivity contribution in [1.82, 2.24) is 0 Å². The monoisotopic (exact) mass is 157 g/mol. The number of carbonyl (C=O) groups is 1. The molecule has 0 aliphatic rings. The van der Waals surface area contributed by atoms with Gasteiger partial charge in [0.15, 0.2) is 6.29 Å². The lowest BCUT2D eigenvalue weighted by Crippen LogP contribution is -1.81. The maximum Gasteiger partial charge on any atom is 0.150 e. The summed E-state index contributed by atoms with van der Waals surface area (Å²) >= 11 is 5.55. The molecule has 0 aromatic rings. The van der Waals surface area contributed by atoms with E-state index in [1.54, 1.807) is 7.05 Å². The van der Waals surface area contributed by atoms with Gasteiger partial charge in [0, 0.05) is 18.8 Å². The number of allylic oxidation sites excluding steroid dienone is 3. The van der Waals surface area contributed by atoms with E-state index in [-0.39, 0.29) is 5.57 Å². The largest absolute Gasteiger partial charge is 0.298 e. The normalized spacial score (nSPS) is 12.0. The quantitative estimate of drug-likeness (QED) is 0.265. The molecule has 54 valence electrons. The van der Waals surface area contributed by atoms with Gasteiger partial charge in [-0.3, -0.25) is 9.79 Å². The second-order valence-electron chi connectivity index (χ2n) is 1.56. The first-order valence-corrected chi connectivity index (χ1v) is 3.02. The predicted molar refractivity (Wildman–Crippen MR) is 43.6 cm³/mol. The Morgan fingerprint density at radius 1 is 1.70 bits per heavy atom. The van der Waals surface area contributed by atoms with Gasteiger partial charge in [-0.25, -0.2) is 0 Å². The third-order valence-electron chi connectivity index (χ3n) is 0.819. The highest BCUT2D eigenvalue weighted by Gasteiger charge is 1.93. The van der Waals surface area contributed by atoms with Gasteiger partial charge < -0.3 is 0 Å². The Labute approximate surface area is 64.9 Å². The fourth-order valence-electron chi connectivity index (χ4n) is 0.303. The Morgan fingerprint density at radius 3 is 2.70 bits per heavy atom. The molecule has 0 unspecified atom stereocenters. The first kappa shape index (κ1) is 9.11. The van der Waals surface area contributed by atoms with Crippen LogP contribution >= 0.6 is 11.6 Å². The van der Waals surface area contributed by atoms with Crippen molar-refractivity contribution in [2.75, 3.05) is 7.05 Å². The lowest BCUT2D eigenvalue weighted by atomic mass is 10.3. The Balaban J connectivity index is 4.18. The van der Waals surface area contributed by atoms with Crippen LogP contribution in [0, 0.1) is 0 Å². The van der Waals surface area contributed by atoms with E-state index in [0.717, 1.165) is 0 Å². The molecule has 0 aliphatic carbocycles. The molecule has 0 bridgehead atoms. The fraction of sp³-hybridized carbons (Fsp3) is 0.143. The van der Waals surface area contributed by atoms with Crippen LogP contribution in [-0.2, 0) is 4.79 Å². The van der Waals surface area contributed by atoms with Crippen molar-refractivity contribution in [3.8, 4) is 0 Å². The van der Waals surface area contributed by atoms with Crippen molar-refractivity contribution in [2.45, 2.75) is 0 Å². The predicted octanol–water partition coefficient (Wildman–Crippen LogP) is 1.56. The molecule has 0 spiro atoms. The van der Waals surface area contributed by atoms with E-state index in [4.69, 9.17) is 11.6 Å². The molecule has 0 saturated carbocycles. The molecule has 0 atom stereocenters. The van der Waals surface area contributed by atoms with Gasteiger partial charge in [0.25, 0.3) is 0 Å². The van der Waals surface area contributed by atoms with Crippen molar-refractivity contribution in [3.05, 3.63) is 23.3 Å². The van der Waals surface area contributed by atoms with Crippen molar-refractivity contribution in [2.24, 2.45) is 4.99 Å². The molecule has 0 aliphatic heterocycles. The second-order valence-corrected chi connectivity index (χ2v) is 1.97. The van der Waals surface area contributed by atoms with Gasteiger partial charge in [-0.05, 0) is 6.08 Å². The number of aliphatic imine (C=N–C) groups is 1. The van der Waals surface area contributed by atoms with Crippen LogP contribution in [0.3, 0.4) is 0 Å². The number of carbonyl (C=O) groups excluding carboxylic acids is 1. The minimum atomic E-state index is 0.265. The number of rotatable bonds is 3. The van der Waals surface area contributed by atoms with Crippen LogP contribution < -0.4 is 0 Å². The first-order chi connectivity index (χ1) is 4.72. The first-order valence-electron chi connectivity index (χ1n) is 2.64. The molecular formula is C7H8ClNO. The highest BCUT2D eigenvalue weighted by molar-refractivity contribution is 6.34. The lowest BCUT2D eigenvalue weighted by Gasteiger charge is -1.88. The third-order valence-corrected chi connectivity index (χ3v) is 1.19. The zero-order valence-electron chi connectivity index (χ0n) is 5.67. The van der Waals surface area contributed by atoms with Gasteiger partial charge in [-0.1, -0.05) is 18.2 Å². The van der Waals surface area contributed by atoms with E-state index >= 15 is 0 Å². The van der Waals surface area contributed by atoms with Crippen molar-refractivity contribution in [1.29, 1.82) is 0 Å². The van der Waals surface area contributed by atoms with E-state index < -0.39 is 0 Å². The minimum Gasteiger partial charge on any atom is -0.298 e. The maximum absolute atomic E-state index is 10.0. The summed E-state index contributed by atoms with van der Waals surface area (Å²) in [7, 11) is 1.62. The second kappa shape index (κ2) is 4.94. The molecule has 0 heterocycles. The summed E-state index contributed by atoms with van der Waals surface area (Å²) < 4.78 is 0. The molecule has 0 aromatic carbocycles. The van der Waals surface area contributed by atoms with Gasteiger partial charge >= 0.3 is 0 Å². The van der Waals surface area contributed by atoms with Crippen molar-refractivity contribution >= 4 is 24.1 Å². The Hall–Kier alpha value is -0.890. The topological polar surface area (TPSA) is 29.4 Å².